The minimum atomic E-state index is -1.02. The fourth-order valence-corrected chi connectivity index (χ4v) is 1.75. The Morgan fingerprint density at radius 3 is 2.94 bits per heavy atom. The van der Waals surface area contributed by atoms with Crippen molar-refractivity contribution in [3.63, 3.8) is 0 Å². The Hall–Kier alpha value is -1.91. The number of carboxylic acids is 1. The lowest BCUT2D eigenvalue weighted by Gasteiger charge is -2.08. The summed E-state index contributed by atoms with van der Waals surface area (Å²) in [5.41, 5.74) is 0.398. The molecular weight excluding hydrogens is 242 g/mol. The molecule has 17 heavy (non-hydrogen) atoms. The minimum absolute atomic E-state index is 0.115. The van der Waals surface area contributed by atoms with Crippen molar-refractivity contribution < 1.29 is 14.7 Å². The topological polar surface area (TPSA) is 102 Å². The number of carbonyl (C=O) groups excluding carboxylic acids is 1. The molecule has 0 aromatic carbocycles. The number of thiophene rings is 1. The molecule has 0 fully saturated rings. The Morgan fingerprint density at radius 1 is 1.65 bits per heavy atom. The molecular formula is C10H11N3O3S. The first-order chi connectivity index (χ1) is 8.04. The van der Waals surface area contributed by atoms with E-state index in [1.807, 2.05) is 6.07 Å². The Morgan fingerprint density at radius 2 is 2.35 bits per heavy atom. The first kappa shape index (κ1) is 13.2. The molecule has 1 aromatic rings. The molecule has 1 amide bonds. The van der Waals surface area contributed by atoms with E-state index in [1.165, 1.54) is 18.3 Å². The van der Waals surface area contributed by atoms with Crippen molar-refractivity contribution in [3.8, 4) is 6.07 Å². The zero-order valence-electron chi connectivity index (χ0n) is 9.06. The molecule has 1 heterocycles. The maximum atomic E-state index is 11.4. The smallest absolute Gasteiger partial charge is 0.320 e. The molecule has 90 valence electrons. The summed E-state index contributed by atoms with van der Waals surface area (Å²) in [5.74, 6) is -1.40. The average Bonchev–Trinajstić information content (AvgIpc) is 2.72. The summed E-state index contributed by atoms with van der Waals surface area (Å²) >= 11 is 1.24. The maximum absolute atomic E-state index is 11.4. The van der Waals surface area contributed by atoms with Gasteiger partial charge in [-0.05, 0) is 18.4 Å². The van der Waals surface area contributed by atoms with E-state index >= 15 is 0 Å². The molecule has 3 N–H and O–H groups in total. The number of hydrogen-bond donors (Lipinski definition) is 3. The summed E-state index contributed by atoms with van der Waals surface area (Å²) in [5, 5.41) is 24.6. The number of carboxylic acid groups (broad SMARTS) is 1. The third-order valence-electron chi connectivity index (χ3n) is 1.98. The van der Waals surface area contributed by atoms with Crippen LogP contribution >= 0.6 is 11.3 Å². The second-order valence-electron chi connectivity index (χ2n) is 3.26. The number of nitrogens with zero attached hydrogens (tertiary/aromatic N) is 1. The lowest BCUT2D eigenvalue weighted by Crippen LogP contribution is -2.39. The average molecular weight is 253 g/mol. The van der Waals surface area contributed by atoms with E-state index in [-0.39, 0.29) is 12.5 Å². The normalized spacial score (nSPS) is 11.5. The number of hydrogen-bond acceptors (Lipinski definition) is 5. The Bertz CT molecular complexity index is 464. The molecule has 1 aromatic heterocycles. The third-order valence-corrected chi connectivity index (χ3v) is 2.81. The summed E-state index contributed by atoms with van der Waals surface area (Å²) < 4.78 is 0. The van der Waals surface area contributed by atoms with E-state index in [1.54, 1.807) is 11.4 Å². The van der Waals surface area contributed by atoms with Gasteiger partial charge in [-0.1, -0.05) is 0 Å². The highest BCUT2D eigenvalue weighted by molar-refractivity contribution is 7.14. The highest BCUT2D eigenvalue weighted by Gasteiger charge is 2.13. The number of nitriles is 1. The second-order valence-corrected chi connectivity index (χ2v) is 4.18. The monoisotopic (exact) mass is 253 g/mol. The van der Waals surface area contributed by atoms with Crippen LogP contribution in [0, 0.1) is 11.3 Å². The van der Waals surface area contributed by atoms with Crippen LogP contribution in [0.5, 0.6) is 0 Å². The van der Waals surface area contributed by atoms with Gasteiger partial charge in [0.2, 0.25) is 5.91 Å². The molecule has 1 rings (SSSR count). The van der Waals surface area contributed by atoms with Crippen LogP contribution in [0.25, 0.3) is 0 Å². The van der Waals surface area contributed by atoms with Crippen molar-refractivity contribution >= 4 is 28.2 Å². The molecule has 0 spiro atoms. The number of aliphatic carboxylic acids is 1. The second kappa shape index (κ2) is 5.98. The fraction of sp³-hybridized carbons (Fsp3) is 0.300. The largest absolute Gasteiger partial charge is 0.480 e. The molecule has 0 saturated heterocycles. The molecule has 0 bridgehead atoms. The molecule has 0 aliphatic carbocycles. The van der Waals surface area contributed by atoms with Crippen molar-refractivity contribution in [2.24, 2.45) is 0 Å². The van der Waals surface area contributed by atoms with Crippen molar-refractivity contribution in [3.05, 3.63) is 17.0 Å². The molecule has 0 unspecified atom stereocenters. The van der Waals surface area contributed by atoms with E-state index in [2.05, 4.69) is 10.6 Å². The predicted molar refractivity (Wildman–Crippen MR) is 62.8 cm³/mol. The van der Waals surface area contributed by atoms with Gasteiger partial charge >= 0.3 is 5.97 Å². The van der Waals surface area contributed by atoms with E-state index < -0.39 is 12.0 Å². The van der Waals surface area contributed by atoms with Gasteiger partial charge in [0.1, 0.15) is 17.1 Å². The van der Waals surface area contributed by atoms with Gasteiger partial charge in [0.05, 0.1) is 12.1 Å². The van der Waals surface area contributed by atoms with Crippen LogP contribution in [0.1, 0.15) is 12.5 Å². The molecule has 0 aliphatic heterocycles. The van der Waals surface area contributed by atoms with Gasteiger partial charge < -0.3 is 10.4 Å². The molecule has 1 atom stereocenters. The van der Waals surface area contributed by atoms with E-state index in [9.17, 15) is 9.59 Å². The zero-order valence-corrected chi connectivity index (χ0v) is 9.87. The molecule has 0 saturated carbocycles. The fourth-order valence-electron chi connectivity index (χ4n) is 0.998. The quantitative estimate of drug-likeness (QED) is 0.714. The van der Waals surface area contributed by atoms with Crippen molar-refractivity contribution in [2.45, 2.75) is 13.0 Å². The molecule has 0 aliphatic rings. The zero-order chi connectivity index (χ0) is 12.8. The molecule has 6 nitrogen and oxygen atoms in total. The number of nitrogens with one attached hydrogen (secondary N) is 2. The van der Waals surface area contributed by atoms with Crippen LogP contribution in [0.15, 0.2) is 11.4 Å². The first-order valence-corrected chi connectivity index (χ1v) is 5.66. The van der Waals surface area contributed by atoms with Gasteiger partial charge in [0, 0.05) is 0 Å². The SMILES string of the molecule is C[C@H](NCC(=O)Nc1sccc1C#N)C(=O)O. The summed E-state index contributed by atoms with van der Waals surface area (Å²) in [6.45, 7) is 1.33. The van der Waals surface area contributed by atoms with E-state index in [0.717, 1.165) is 0 Å². The highest BCUT2D eigenvalue weighted by atomic mass is 32.1. The Kier molecular flexibility index (Phi) is 4.63. The standard InChI is InChI=1S/C10H11N3O3S/c1-6(10(15)16)12-5-8(14)13-9-7(4-11)2-3-17-9/h2-3,6,12H,5H2,1H3,(H,13,14)(H,15,16)/t6-/m0/s1. The van der Waals surface area contributed by atoms with E-state index in [0.29, 0.717) is 10.6 Å². The number of carbonyl (C=O) groups is 2. The lowest BCUT2D eigenvalue weighted by atomic mass is 10.3. The van der Waals surface area contributed by atoms with E-state index in [4.69, 9.17) is 10.4 Å². The predicted octanol–water partition coefficient (Wildman–Crippen LogP) is 0.621. The molecule has 7 heteroatoms. The highest BCUT2D eigenvalue weighted by Crippen LogP contribution is 2.21. The summed E-state index contributed by atoms with van der Waals surface area (Å²) in [7, 11) is 0. The summed E-state index contributed by atoms with van der Waals surface area (Å²) in [6.07, 6.45) is 0. The summed E-state index contributed by atoms with van der Waals surface area (Å²) in [4.78, 5) is 21.9. The van der Waals surface area contributed by atoms with Gasteiger partial charge in [-0.15, -0.1) is 11.3 Å². The third kappa shape index (κ3) is 3.86. The van der Waals surface area contributed by atoms with Gasteiger partial charge in [0.15, 0.2) is 0 Å². The van der Waals surface area contributed by atoms with Gasteiger partial charge in [-0.3, -0.25) is 14.9 Å². The molecule has 0 radical (unpaired) electrons. The van der Waals surface area contributed by atoms with Crippen LogP contribution in [-0.4, -0.2) is 29.6 Å². The lowest BCUT2D eigenvalue weighted by molar-refractivity contribution is -0.139. The number of anilines is 1. The van der Waals surface area contributed by atoms with Crippen LogP contribution in [0.4, 0.5) is 5.00 Å². The first-order valence-electron chi connectivity index (χ1n) is 4.78. The van der Waals surface area contributed by atoms with Crippen molar-refractivity contribution in [1.82, 2.24) is 5.32 Å². The Labute approximate surface area is 102 Å². The Balaban J connectivity index is 2.46. The maximum Gasteiger partial charge on any atom is 0.320 e. The summed E-state index contributed by atoms with van der Waals surface area (Å²) in [6, 6.07) is 2.76. The van der Waals surface area contributed by atoms with Gasteiger partial charge in [-0.25, -0.2) is 0 Å². The van der Waals surface area contributed by atoms with Crippen molar-refractivity contribution in [2.75, 3.05) is 11.9 Å². The number of amides is 1. The van der Waals surface area contributed by atoms with Crippen LogP contribution in [0.2, 0.25) is 0 Å². The number of rotatable bonds is 5. The van der Waals surface area contributed by atoms with Gasteiger partial charge in [0.25, 0.3) is 0 Å². The van der Waals surface area contributed by atoms with Crippen LogP contribution in [-0.2, 0) is 9.59 Å². The van der Waals surface area contributed by atoms with Crippen molar-refractivity contribution in [1.29, 1.82) is 5.26 Å². The minimum Gasteiger partial charge on any atom is -0.480 e. The van der Waals surface area contributed by atoms with Gasteiger partial charge in [-0.2, -0.15) is 5.26 Å². The van der Waals surface area contributed by atoms with Crippen LogP contribution in [0.3, 0.4) is 0 Å². The van der Waals surface area contributed by atoms with Crippen LogP contribution < -0.4 is 10.6 Å².